The molecule has 0 saturated carbocycles. The first kappa shape index (κ1) is 15.2. The number of ether oxygens (including phenoxy) is 1. The molecule has 0 heterocycles. The summed E-state index contributed by atoms with van der Waals surface area (Å²) in [6, 6.07) is 13.8. The predicted octanol–water partition coefficient (Wildman–Crippen LogP) is 3.97. The Labute approximate surface area is 126 Å². The lowest BCUT2D eigenvalue weighted by Crippen LogP contribution is -1.97. The smallest absolute Gasteiger partial charge is 0.159 e. The van der Waals surface area contributed by atoms with Gasteiger partial charge in [0.1, 0.15) is 30.1 Å². The van der Waals surface area contributed by atoms with Gasteiger partial charge >= 0.3 is 0 Å². The van der Waals surface area contributed by atoms with E-state index in [1.807, 2.05) is 0 Å². The fourth-order valence-electron chi connectivity index (χ4n) is 1.71. The molecule has 0 atom stereocenters. The summed E-state index contributed by atoms with van der Waals surface area (Å²) in [7, 11) is 0. The van der Waals surface area contributed by atoms with E-state index < -0.39 is 11.6 Å². The highest BCUT2D eigenvalue weighted by molar-refractivity contribution is 5.62. The molecular weight excluding hydrogens is 286 g/mol. The van der Waals surface area contributed by atoms with Gasteiger partial charge in [-0.05, 0) is 41.5 Å². The number of rotatable bonds is 4. The summed E-state index contributed by atoms with van der Waals surface area (Å²) in [5.41, 5.74) is 1.22. The van der Waals surface area contributed by atoms with Crippen molar-refractivity contribution in [3.63, 3.8) is 0 Å². The number of nitriles is 2. The van der Waals surface area contributed by atoms with Crippen LogP contribution in [0.1, 0.15) is 11.1 Å². The second kappa shape index (κ2) is 7.01. The van der Waals surface area contributed by atoms with E-state index in [4.69, 9.17) is 15.3 Å². The average molecular weight is 296 g/mol. The summed E-state index contributed by atoms with van der Waals surface area (Å²) >= 11 is 0. The third-order valence-electron chi connectivity index (χ3n) is 2.82. The van der Waals surface area contributed by atoms with E-state index in [9.17, 15) is 8.78 Å². The summed E-state index contributed by atoms with van der Waals surface area (Å²) in [6.07, 6.45) is 1.46. The van der Waals surface area contributed by atoms with Gasteiger partial charge in [0, 0.05) is 0 Å². The zero-order valence-corrected chi connectivity index (χ0v) is 11.4. The molecule has 0 amide bonds. The van der Waals surface area contributed by atoms with Crippen molar-refractivity contribution in [2.45, 2.75) is 6.61 Å². The maximum absolute atomic E-state index is 13.1. The van der Waals surface area contributed by atoms with Gasteiger partial charge < -0.3 is 4.74 Å². The highest BCUT2D eigenvalue weighted by Gasteiger charge is 2.03. The van der Waals surface area contributed by atoms with Gasteiger partial charge in [0.15, 0.2) is 11.6 Å². The predicted molar refractivity (Wildman–Crippen MR) is 76.3 cm³/mol. The molecule has 22 heavy (non-hydrogen) atoms. The van der Waals surface area contributed by atoms with Crippen LogP contribution >= 0.6 is 0 Å². The summed E-state index contributed by atoms with van der Waals surface area (Å²) in [4.78, 5) is 0. The van der Waals surface area contributed by atoms with Crippen LogP contribution in [0.25, 0.3) is 6.08 Å². The monoisotopic (exact) mass is 296 g/mol. The van der Waals surface area contributed by atoms with Crippen LogP contribution in [-0.4, -0.2) is 0 Å². The second-order valence-corrected chi connectivity index (χ2v) is 4.39. The Morgan fingerprint density at radius 3 is 2.27 bits per heavy atom. The quantitative estimate of drug-likeness (QED) is 0.802. The van der Waals surface area contributed by atoms with Crippen LogP contribution < -0.4 is 4.74 Å². The number of hydrogen-bond donors (Lipinski definition) is 0. The molecule has 5 heteroatoms. The number of allylic oxidation sites excluding steroid dienone is 1. The number of hydrogen-bond acceptors (Lipinski definition) is 3. The van der Waals surface area contributed by atoms with Gasteiger partial charge in [-0.2, -0.15) is 10.5 Å². The maximum Gasteiger partial charge on any atom is 0.159 e. The van der Waals surface area contributed by atoms with Crippen molar-refractivity contribution in [2.75, 3.05) is 0 Å². The van der Waals surface area contributed by atoms with E-state index in [1.54, 1.807) is 36.4 Å². The molecule has 0 aliphatic rings. The Morgan fingerprint density at radius 2 is 1.68 bits per heavy atom. The zero-order chi connectivity index (χ0) is 15.9. The molecule has 0 bridgehead atoms. The molecule has 0 unspecified atom stereocenters. The Bertz CT molecular complexity index is 768. The molecule has 2 rings (SSSR count). The van der Waals surface area contributed by atoms with E-state index in [1.165, 1.54) is 12.1 Å². The van der Waals surface area contributed by atoms with E-state index >= 15 is 0 Å². The molecule has 0 aliphatic carbocycles. The van der Waals surface area contributed by atoms with Crippen molar-refractivity contribution in [1.29, 1.82) is 10.5 Å². The molecule has 0 N–H and O–H groups in total. The molecule has 0 saturated heterocycles. The van der Waals surface area contributed by atoms with Crippen LogP contribution in [0.4, 0.5) is 8.78 Å². The van der Waals surface area contributed by atoms with Crippen LogP contribution in [0.2, 0.25) is 0 Å². The van der Waals surface area contributed by atoms with E-state index in [0.717, 1.165) is 12.1 Å². The Balaban J connectivity index is 2.03. The SMILES string of the molecule is N#CC(C#N)=Cc1ccc(OCc2ccc(F)c(F)c2)cc1. The topological polar surface area (TPSA) is 56.8 Å². The van der Waals surface area contributed by atoms with Crippen molar-refractivity contribution in [2.24, 2.45) is 0 Å². The third kappa shape index (κ3) is 3.91. The minimum atomic E-state index is -0.915. The largest absolute Gasteiger partial charge is 0.489 e. The lowest BCUT2D eigenvalue weighted by molar-refractivity contribution is 0.305. The maximum atomic E-state index is 13.1. The average Bonchev–Trinajstić information content (AvgIpc) is 2.55. The molecule has 2 aromatic rings. The Morgan fingerprint density at radius 1 is 1.00 bits per heavy atom. The lowest BCUT2D eigenvalue weighted by atomic mass is 10.1. The first-order valence-electron chi connectivity index (χ1n) is 6.31. The van der Waals surface area contributed by atoms with E-state index in [-0.39, 0.29) is 12.2 Å². The fraction of sp³-hybridized carbons (Fsp3) is 0.0588. The van der Waals surface area contributed by atoms with Crippen molar-refractivity contribution < 1.29 is 13.5 Å². The fourth-order valence-corrected chi connectivity index (χ4v) is 1.71. The van der Waals surface area contributed by atoms with Gasteiger partial charge in [0.2, 0.25) is 0 Å². The van der Waals surface area contributed by atoms with Gasteiger partial charge in [0.05, 0.1) is 0 Å². The van der Waals surface area contributed by atoms with Gasteiger partial charge in [-0.25, -0.2) is 8.78 Å². The molecule has 0 aliphatic heterocycles. The number of halogens is 2. The molecular formula is C17H10F2N2O. The van der Waals surface area contributed by atoms with Gasteiger partial charge in [-0.1, -0.05) is 18.2 Å². The molecule has 108 valence electrons. The first-order valence-corrected chi connectivity index (χ1v) is 6.31. The summed E-state index contributed by atoms with van der Waals surface area (Å²) < 4.78 is 31.3. The van der Waals surface area contributed by atoms with Crippen LogP contribution in [0, 0.1) is 34.3 Å². The molecule has 0 fully saturated rings. The molecule has 0 radical (unpaired) electrons. The normalized spacial score (nSPS) is 9.45. The molecule has 2 aromatic carbocycles. The number of benzene rings is 2. The Hall–Kier alpha value is -3.18. The lowest BCUT2D eigenvalue weighted by Gasteiger charge is -2.07. The van der Waals surface area contributed by atoms with Crippen LogP contribution in [0.5, 0.6) is 5.75 Å². The second-order valence-electron chi connectivity index (χ2n) is 4.39. The van der Waals surface area contributed by atoms with Crippen molar-refractivity contribution in [3.8, 4) is 17.9 Å². The highest BCUT2D eigenvalue weighted by Crippen LogP contribution is 2.17. The van der Waals surface area contributed by atoms with Crippen LogP contribution in [0.3, 0.4) is 0 Å². The highest BCUT2D eigenvalue weighted by atomic mass is 19.2. The standard InChI is InChI=1S/C17H10F2N2O/c18-16-6-3-13(8-17(16)19)11-22-15-4-1-12(2-5-15)7-14(9-20)10-21/h1-8H,11H2. The molecule has 3 nitrogen and oxygen atoms in total. The minimum Gasteiger partial charge on any atom is -0.489 e. The first-order chi connectivity index (χ1) is 10.6. The van der Waals surface area contributed by atoms with Crippen molar-refractivity contribution in [1.82, 2.24) is 0 Å². The Kier molecular flexibility index (Phi) is 4.85. The van der Waals surface area contributed by atoms with Gasteiger partial charge in [-0.3, -0.25) is 0 Å². The van der Waals surface area contributed by atoms with Crippen molar-refractivity contribution in [3.05, 3.63) is 70.8 Å². The van der Waals surface area contributed by atoms with Crippen LogP contribution in [-0.2, 0) is 6.61 Å². The third-order valence-corrected chi connectivity index (χ3v) is 2.82. The summed E-state index contributed by atoms with van der Waals surface area (Å²) in [6.45, 7) is 0.105. The van der Waals surface area contributed by atoms with Gasteiger partial charge in [0.25, 0.3) is 0 Å². The van der Waals surface area contributed by atoms with E-state index in [2.05, 4.69) is 0 Å². The number of nitrogens with zero attached hydrogens (tertiary/aromatic N) is 2. The van der Waals surface area contributed by atoms with Crippen LogP contribution in [0.15, 0.2) is 48.0 Å². The van der Waals surface area contributed by atoms with Gasteiger partial charge in [-0.15, -0.1) is 0 Å². The summed E-state index contributed by atoms with van der Waals surface area (Å²) in [5, 5.41) is 17.3. The molecule has 0 aromatic heterocycles. The minimum absolute atomic E-state index is 0.00968. The van der Waals surface area contributed by atoms with Crippen molar-refractivity contribution >= 4 is 6.08 Å². The summed E-state index contributed by atoms with van der Waals surface area (Å²) in [5.74, 6) is -1.27. The van der Waals surface area contributed by atoms with E-state index in [0.29, 0.717) is 16.9 Å². The zero-order valence-electron chi connectivity index (χ0n) is 11.4. The molecule has 0 spiro atoms.